The van der Waals surface area contributed by atoms with Crippen molar-refractivity contribution in [3.8, 4) is 0 Å². The van der Waals surface area contributed by atoms with Gasteiger partial charge in [-0.3, -0.25) is 0 Å². The molecule has 2 aromatic rings. The van der Waals surface area contributed by atoms with Gasteiger partial charge < -0.3 is 14.0 Å². The Morgan fingerprint density at radius 1 is 1.20 bits per heavy atom. The maximum Gasteiger partial charge on any atom is 0.217 e. The van der Waals surface area contributed by atoms with E-state index in [4.69, 9.17) is 9.47 Å². The lowest BCUT2D eigenvalue weighted by molar-refractivity contribution is -0.146. The van der Waals surface area contributed by atoms with Crippen molar-refractivity contribution in [2.75, 3.05) is 13.2 Å². The zero-order valence-electron chi connectivity index (χ0n) is 12.4. The highest BCUT2D eigenvalue weighted by Gasteiger charge is 2.22. The highest BCUT2D eigenvalue weighted by Crippen LogP contribution is 2.28. The second-order valence-corrected chi connectivity index (χ2v) is 4.81. The van der Waals surface area contributed by atoms with E-state index in [1.165, 1.54) is 12.1 Å². The Hall–Kier alpha value is -1.46. The fourth-order valence-corrected chi connectivity index (χ4v) is 2.29. The number of hydrogen-bond donors (Lipinski definition) is 0. The van der Waals surface area contributed by atoms with Gasteiger partial charge >= 0.3 is 0 Å². The molecule has 0 fully saturated rings. The van der Waals surface area contributed by atoms with Gasteiger partial charge in [0.05, 0.1) is 11.0 Å². The van der Waals surface area contributed by atoms with Crippen LogP contribution in [0.5, 0.6) is 0 Å². The van der Waals surface area contributed by atoms with E-state index in [1.54, 1.807) is 6.07 Å². The van der Waals surface area contributed by atoms with Crippen LogP contribution in [0.4, 0.5) is 4.39 Å². The molecule has 0 unspecified atom stereocenters. The van der Waals surface area contributed by atoms with Crippen LogP contribution in [0.2, 0.25) is 0 Å². The summed E-state index contributed by atoms with van der Waals surface area (Å²) in [5.41, 5.74) is 1.51. The van der Waals surface area contributed by atoms with E-state index in [0.717, 1.165) is 11.0 Å². The summed E-state index contributed by atoms with van der Waals surface area (Å²) in [4.78, 5) is 4.56. The predicted molar refractivity (Wildman–Crippen MR) is 76.1 cm³/mol. The van der Waals surface area contributed by atoms with Gasteiger partial charge in [0, 0.05) is 19.3 Å². The van der Waals surface area contributed by atoms with E-state index < -0.39 is 6.29 Å². The summed E-state index contributed by atoms with van der Waals surface area (Å²) in [7, 11) is 0. The number of ether oxygens (including phenoxy) is 2. The highest BCUT2D eigenvalue weighted by molar-refractivity contribution is 5.76. The summed E-state index contributed by atoms with van der Waals surface area (Å²) >= 11 is 0. The molecule has 1 heterocycles. The molecule has 0 aliphatic heterocycles. The van der Waals surface area contributed by atoms with Crippen LogP contribution in [0.25, 0.3) is 11.0 Å². The third kappa shape index (κ3) is 2.83. The SMILES string of the molecule is CCOC(OCC)c1nc2ccc(F)cc2n1C(C)C. The molecule has 0 atom stereocenters. The maximum absolute atomic E-state index is 13.5. The lowest BCUT2D eigenvalue weighted by Crippen LogP contribution is -2.16. The standard InChI is InChI=1S/C15H21FN2O2/c1-5-19-15(20-6-2)14-17-12-8-7-11(16)9-13(12)18(14)10(3)4/h7-10,15H,5-6H2,1-4H3. The first kappa shape index (κ1) is 14.9. The second kappa shape index (κ2) is 6.33. The first-order chi connectivity index (χ1) is 9.58. The molecule has 0 N–H and O–H groups in total. The minimum Gasteiger partial charge on any atom is -0.346 e. The zero-order valence-corrected chi connectivity index (χ0v) is 12.4. The van der Waals surface area contributed by atoms with Crippen molar-refractivity contribution in [3.05, 3.63) is 29.8 Å². The fraction of sp³-hybridized carbons (Fsp3) is 0.533. The molecule has 20 heavy (non-hydrogen) atoms. The molecule has 1 aromatic heterocycles. The molecule has 110 valence electrons. The summed E-state index contributed by atoms with van der Waals surface area (Å²) in [6.07, 6.45) is -0.525. The molecule has 0 aliphatic carbocycles. The Morgan fingerprint density at radius 3 is 2.40 bits per heavy atom. The van der Waals surface area contributed by atoms with Gasteiger partial charge in [0.1, 0.15) is 5.82 Å². The van der Waals surface area contributed by atoms with E-state index >= 15 is 0 Å². The van der Waals surface area contributed by atoms with Gasteiger partial charge in [-0.1, -0.05) is 0 Å². The molecule has 0 aliphatic rings. The van der Waals surface area contributed by atoms with E-state index in [0.29, 0.717) is 19.0 Å². The minimum absolute atomic E-state index is 0.139. The predicted octanol–water partition coefficient (Wildman–Crippen LogP) is 3.83. The fourth-order valence-electron chi connectivity index (χ4n) is 2.29. The van der Waals surface area contributed by atoms with Crippen molar-refractivity contribution >= 4 is 11.0 Å². The quantitative estimate of drug-likeness (QED) is 0.754. The van der Waals surface area contributed by atoms with Crippen molar-refractivity contribution < 1.29 is 13.9 Å². The topological polar surface area (TPSA) is 36.3 Å². The lowest BCUT2D eigenvalue weighted by Gasteiger charge is -2.20. The van der Waals surface area contributed by atoms with E-state index in [2.05, 4.69) is 4.98 Å². The largest absolute Gasteiger partial charge is 0.346 e. The van der Waals surface area contributed by atoms with Gasteiger partial charge in [-0.2, -0.15) is 0 Å². The van der Waals surface area contributed by atoms with Crippen LogP contribution in [-0.2, 0) is 9.47 Å². The molecule has 0 bridgehead atoms. The molecule has 0 amide bonds. The van der Waals surface area contributed by atoms with Gasteiger partial charge in [0.25, 0.3) is 0 Å². The number of rotatable bonds is 6. The van der Waals surface area contributed by atoms with E-state index in [9.17, 15) is 4.39 Å². The highest BCUT2D eigenvalue weighted by atomic mass is 19.1. The normalized spacial score (nSPS) is 11.9. The van der Waals surface area contributed by atoms with Gasteiger partial charge in [0.2, 0.25) is 6.29 Å². The first-order valence-electron chi connectivity index (χ1n) is 6.99. The van der Waals surface area contributed by atoms with Crippen LogP contribution >= 0.6 is 0 Å². The molecular formula is C15H21FN2O2. The van der Waals surface area contributed by atoms with Crippen LogP contribution in [0.15, 0.2) is 18.2 Å². The van der Waals surface area contributed by atoms with Gasteiger partial charge in [-0.25, -0.2) is 9.37 Å². The summed E-state index contributed by atoms with van der Waals surface area (Å²) in [5.74, 6) is 0.416. The summed E-state index contributed by atoms with van der Waals surface area (Å²) in [6.45, 7) is 8.94. The molecule has 5 heteroatoms. The van der Waals surface area contributed by atoms with E-state index in [-0.39, 0.29) is 11.9 Å². The summed E-state index contributed by atoms with van der Waals surface area (Å²) < 4.78 is 26.7. The van der Waals surface area contributed by atoms with Crippen molar-refractivity contribution in [2.45, 2.75) is 40.0 Å². The third-order valence-electron chi connectivity index (χ3n) is 3.04. The Bertz CT molecular complexity index is 575. The molecule has 0 radical (unpaired) electrons. The Balaban J connectivity index is 2.58. The van der Waals surface area contributed by atoms with E-state index in [1.807, 2.05) is 32.3 Å². The number of imidazole rings is 1. The number of nitrogens with zero attached hydrogens (tertiary/aromatic N) is 2. The maximum atomic E-state index is 13.5. The van der Waals surface area contributed by atoms with Crippen molar-refractivity contribution in [2.24, 2.45) is 0 Å². The second-order valence-electron chi connectivity index (χ2n) is 4.81. The molecule has 0 saturated heterocycles. The monoisotopic (exact) mass is 280 g/mol. The lowest BCUT2D eigenvalue weighted by atomic mass is 10.3. The summed E-state index contributed by atoms with van der Waals surface area (Å²) in [5, 5.41) is 0. The van der Waals surface area contributed by atoms with Gasteiger partial charge in [-0.05, 0) is 45.9 Å². The van der Waals surface area contributed by atoms with Crippen molar-refractivity contribution in [3.63, 3.8) is 0 Å². The smallest absolute Gasteiger partial charge is 0.217 e. The third-order valence-corrected chi connectivity index (χ3v) is 3.04. The zero-order chi connectivity index (χ0) is 14.7. The number of fused-ring (bicyclic) bond motifs is 1. The summed E-state index contributed by atoms with van der Waals surface area (Å²) in [6, 6.07) is 4.74. The van der Waals surface area contributed by atoms with Crippen molar-refractivity contribution in [1.29, 1.82) is 0 Å². The van der Waals surface area contributed by atoms with Crippen LogP contribution in [0.3, 0.4) is 0 Å². The van der Waals surface area contributed by atoms with Crippen LogP contribution in [-0.4, -0.2) is 22.8 Å². The molecule has 1 aromatic carbocycles. The van der Waals surface area contributed by atoms with Crippen LogP contribution in [0.1, 0.15) is 45.9 Å². The minimum atomic E-state index is -0.525. The number of aromatic nitrogens is 2. The number of benzene rings is 1. The Labute approximate surface area is 118 Å². The average molecular weight is 280 g/mol. The molecule has 4 nitrogen and oxygen atoms in total. The Morgan fingerprint density at radius 2 is 1.85 bits per heavy atom. The molecule has 2 rings (SSSR count). The molecular weight excluding hydrogens is 259 g/mol. The average Bonchev–Trinajstić information content (AvgIpc) is 2.76. The molecule has 0 saturated carbocycles. The van der Waals surface area contributed by atoms with Gasteiger partial charge in [0.15, 0.2) is 5.82 Å². The Kier molecular flexibility index (Phi) is 4.73. The van der Waals surface area contributed by atoms with Gasteiger partial charge in [-0.15, -0.1) is 0 Å². The number of hydrogen-bond acceptors (Lipinski definition) is 3. The van der Waals surface area contributed by atoms with Crippen LogP contribution in [0, 0.1) is 5.82 Å². The first-order valence-corrected chi connectivity index (χ1v) is 6.99. The molecule has 0 spiro atoms. The van der Waals surface area contributed by atoms with Crippen LogP contribution < -0.4 is 0 Å². The van der Waals surface area contributed by atoms with Crippen molar-refractivity contribution in [1.82, 2.24) is 9.55 Å². The number of halogens is 1.